The number of nitrogens with zero attached hydrogens (tertiary/aromatic N) is 2. The van der Waals surface area contributed by atoms with E-state index in [0.29, 0.717) is 15.2 Å². The molecule has 17 heavy (non-hydrogen) atoms. The second-order valence-electron chi connectivity index (χ2n) is 3.55. The fourth-order valence-electron chi connectivity index (χ4n) is 1.26. The molecular weight excluding hydrogens is 275 g/mol. The molecule has 1 heterocycles. The van der Waals surface area contributed by atoms with E-state index in [9.17, 15) is 0 Å². The Balaban J connectivity index is 2.33. The minimum atomic E-state index is 0.429. The third-order valence-corrected chi connectivity index (χ3v) is 3.82. The number of benzene rings is 1. The van der Waals surface area contributed by atoms with Gasteiger partial charge in [-0.15, -0.1) is 0 Å². The zero-order valence-corrected chi connectivity index (χ0v) is 11.7. The molecule has 0 aliphatic rings. The molecule has 0 aliphatic heterocycles. The molecule has 5 heteroatoms. The Labute approximate surface area is 114 Å². The summed E-state index contributed by atoms with van der Waals surface area (Å²) in [6.07, 6.45) is 0. The van der Waals surface area contributed by atoms with E-state index >= 15 is 0 Å². The third-order valence-electron chi connectivity index (χ3n) is 2.25. The summed E-state index contributed by atoms with van der Waals surface area (Å²) in [5.41, 5.74) is 1.74. The first kappa shape index (κ1) is 12.7. The van der Waals surface area contributed by atoms with E-state index in [1.165, 1.54) is 11.8 Å². The van der Waals surface area contributed by atoms with Crippen molar-refractivity contribution in [1.29, 1.82) is 0 Å². The highest BCUT2D eigenvalue weighted by Gasteiger charge is 2.08. The zero-order chi connectivity index (χ0) is 12.4. The van der Waals surface area contributed by atoms with Crippen LogP contribution in [0.15, 0.2) is 34.2 Å². The fourth-order valence-corrected chi connectivity index (χ4v) is 2.67. The normalized spacial score (nSPS) is 10.6. The van der Waals surface area contributed by atoms with Crippen molar-refractivity contribution in [2.45, 2.75) is 23.8 Å². The van der Waals surface area contributed by atoms with Gasteiger partial charge in [0.15, 0.2) is 5.15 Å². The molecule has 1 aromatic heterocycles. The topological polar surface area (TPSA) is 25.8 Å². The van der Waals surface area contributed by atoms with Crippen LogP contribution in [0.2, 0.25) is 10.2 Å². The van der Waals surface area contributed by atoms with Gasteiger partial charge in [0.1, 0.15) is 5.03 Å². The summed E-state index contributed by atoms with van der Waals surface area (Å²) in [5, 5.41) is 1.83. The molecule has 1 aromatic carbocycles. The van der Waals surface area contributed by atoms with Crippen LogP contribution in [0.4, 0.5) is 0 Å². The first-order chi connectivity index (χ1) is 8.06. The van der Waals surface area contributed by atoms with Crippen LogP contribution in [0.3, 0.4) is 0 Å². The second-order valence-corrected chi connectivity index (χ2v) is 5.41. The molecule has 0 bridgehead atoms. The van der Waals surface area contributed by atoms with Crippen LogP contribution >= 0.6 is 35.0 Å². The number of hydrogen-bond acceptors (Lipinski definition) is 3. The average Bonchev–Trinajstić information content (AvgIpc) is 2.26. The summed E-state index contributed by atoms with van der Waals surface area (Å²) in [6, 6.07) is 7.56. The number of halogens is 2. The molecule has 2 rings (SSSR count). The van der Waals surface area contributed by atoms with E-state index in [1.54, 1.807) is 0 Å². The van der Waals surface area contributed by atoms with Gasteiger partial charge in [-0.05, 0) is 32.0 Å². The largest absolute Gasteiger partial charge is 0.241 e. The van der Waals surface area contributed by atoms with E-state index in [4.69, 9.17) is 23.2 Å². The average molecular weight is 285 g/mol. The van der Waals surface area contributed by atoms with Gasteiger partial charge in [0.2, 0.25) is 0 Å². The Kier molecular flexibility index (Phi) is 3.92. The predicted molar refractivity (Wildman–Crippen MR) is 72.1 cm³/mol. The molecule has 2 nitrogen and oxygen atoms in total. The van der Waals surface area contributed by atoms with Gasteiger partial charge < -0.3 is 0 Å². The van der Waals surface area contributed by atoms with Crippen LogP contribution < -0.4 is 0 Å². The number of aromatic nitrogens is 2. The lowest BCUT2D eigenvalue weighted by Crippen LogP contribution is -1.94. The highest BCUT2D eigenvalue weighted by atomic mass is 35.5. The lowest BCUT2D eigenvalue weighted by atomic mass is 10.4. The summed E-state index contributed by atoms with van der Waals surface area (Å²) >= 11 is 13.5. The molecule has 0 atom stereocenters. The van der Waals surface area contributed by atoms with E-state index in [-0.39, 0.29) is 0 Å². The van der Waals surface area contributed by atoms with Gasteiger partial charge in [-0.25, -0.2) is 9.97 Å². The molecule has 0 N–H and O–H groups in total. The molecule has 0 spiro atoms. The Morgan fingerprint density at radius 1 is 1.06 bits per heavy atom. The second kappa shape index (κ2) is 5.25. The lowest BCUT2D eigenvalue weighted by Gasteiger charge is -2.06. The molecule has 0 aliphatic carbocycles. The van der Waals surface area contributed by atoms with Gasteiger partial charge in [-0.2, -0.15) is 0 Å². The smallest absolute Gasteiger partial charge is 0.161 e. The van der Waals surface area contributed by atoms with Crippen LogP contribution in [0.25, 0.3) is 0 Å². The van der Waals surface area contributed by atoms with E-state index in [1.807, 2.05) is 38.1 Å². The quantitative estimate of drug-likeness (QED) is 0.809. The van der Waals surface area contributed by atoms with Gasteiger partial charge in [0, 0.05) is 9.92 Å². The maximum Gasteiger partial charge on any atom is 0.161 e. The SMILES string of the molecule is Cc1nc(Cl)c(Sc2cccc(Cl)c2)nc1C. The Morgan fingerprint density at radius 3 is 2.47 bits per heavy atom. The van der Waals surface area contributed by atoms with Gasteiger partial charge in [0.25, 0.3) is 0 Å². The number of aryl methyl sites for hydroxylation is 2. The van der Waals surface area contributed by atoms with Crippen LogP contribution in [-0.4, -0.2) is 9.97 Å². The maximum atomic E-state index is 6.06. The van der Waals surface area contributed by atoms with Crippen molar-refractivity contribution >= 4 is 35.0 Å². The third kappa shape index (κ3) is 3.12. The first-order valence-electron chi connectivity index (χ1n) is 5.00. The zero-order valence-electron chi connectivity index (χ0n) is 9.37. The summed E-state index contributed by atoms with van der Waals surface area (Å²) in [4.78, 5) is 9.66. The lowest BCUT2D eigenvalue weighted by molar-refractivity contribution is 0.957. The van der Waals surface area contributed by atoms with Gasteiger partial charge >= 0.3 is 0 Å². The molecule has 0 radical (unpaired) electrons. The highest BCUT2D eigenvalue weighted by Crippen LogP contribution is 2.32. The van der Waals surface area contributed by atoms with Gasteiger partial charge in [-0.3, -0.25) is 0 Å². The van der Waals surface area contributed by atoms with Crippen molar-refractivity contribution in [1.82, 2.24) is 9.97 Å². The van der Waals surface area contributed by atoms with Crippen LogP contribution in [0.5, 0.6) is 0 Å². The fraction of sp³-hybridized carbons (Fsp3) is 0.167. The molecule has 0 saturated carbocycles. The summed E-state index contributed by atoms with van der Waals surface area (Å²) in [7, 11) is 0. The van der Waals surface area contributed by atoms with E-state index in [0.717, 1.165) is 16.3 Å². The number of rotatable bonds is 2. The minimum absolute atomic E-state index is 0.429. The summed E-state index contributed by atoms with van der Waals surface area (Å²) in [5.74, 6) is 0. The predicted octanol–water partition coefficient (Wildman–Crippen LogP) is 4.55. The van der Waals surface area contributed by atoms with E-state index in [2.05, 4.69) is 9.97 Å². The molecule has 0 saturated heterocycles. The molecule has 2 aromatic rings. The van der Waals surface area contributed by atoms with Crippen LogP contribution in [0.1, 0.15) is 11.4 Å². The van der Waals surface area contributed by atoms with Crippen molar-refractivity contribution in [2.75, 3.05) is 0 Å². The van der Waals surface area contributed by atoms with Crippen LogP contribution in [-0.2, 0) is 0 Å². The standard InChI is InChI=1S/C12H10Cl2N2S/c1-7-8(2)16-12(11(14)15-7)17-10-5-3-4-9(13)6-10/h3-6H,1-2H3. The molecule has 0 fully saturated rings. The van der Waals surface area contributed by atoms with Crippen molar-refractivity contribution in [2.24, 2.45) is 0 Å². The van der Waals surface area contributed by atoms with Crippen molar-refractivity contribution in [3.63, 3.8) is 0 Å². The molecular formula is C12H10Cl2N2S. The minimum Gasteiger partial charge on any atom is -0.241 e. The van der Waals surface area contributed by atoms with Crippen LogP contribution in [0, 0.1) is 13.8 Å². The summed E-state index contributed by atoms with van der Waals surface area (Å²) in [6.45, 7) is 3.81. The van der Waals surface area contributed by atoms with Gasteiger partial charge in [-0.1, -0.05) is 41.0 Å². The number of hydrogen-bond donors (Lipinski definition) is 0. The van der Waals surface area contributed by atoms with Gasteiger partial charge in [0.05, 0.1) is 11.4 Å². The first-order valence-corrected chi connectivity index (χ1v) is 6.57. The Morgan fingerprint density at radius 2 is 1.76 bits per heavy atom. The Hall–Kier alpha value is -0.770. The summed E-state index contributed by atoms with van der Waals surface area (Å²) < 4.78 is 0. The van der Waals surface area contributed by atoms with Crippen molar-refractivity contribution in [3.05, 3.63) is 45.8 Å². The molecule has 88 valence electrons. The highest BCUT2D eigenvalue weighted by molar-refractivity contribution is 7.99. The maximum absolute atomic E-state index is 6.06. The van der Waals surface area contributed by atoms with Crippen molar-refractivity contribution < 1.29 is 0 Å². The monoisotopic (exact) mass is 284 g/mol. The van der Waals surface area contributed by atoms with Crippen molar-refractivity contribution in [3.8, 4) is 0 Å². The molecule has 0 unspecified atom stereocenters. The molecule has 0 amide bonds. The van der Waals surface area contributed by atoms with E-state index < -0.39 is 0 Å². The Bertz CT molecular complexity index is 558.